The molecule has 0 spiro atoms. The average Bonchev–Trinajstić information content (AvgIpc) is 2.51. The second-order valence-electron chi connectivity index (χ2n) is 4.58. The normalized spacial score (nSPS) is 13.8. The number of rotatable bonds is 6. The SMILES string of the molecule is CCOc1ccc(C(CN)C(O)c2cccnc2)cc1. The predicted molar refractivity (Wildman–Crippen MR) is 78.6 cm³/mol. The number of aliphatic hydroxyl groups excluding tert-OH is 1. The third-order valence-electron chi connectivity index (χ3n) is 3.28. The van der Waals surface area contributed by atoms with E-state index in [0.29, 0.717) is 13.2 Å². The summed E-state index contributed by atoms with van der Waals surface area (Å²) in [5.74, 6) is 0.665. The van der Waals surface area contributed by atoms with Gasteiger partial charge in [0, 0.05) is 24.9 Å². The molecule has 0 bridgehead atoms. The van der Waals surface area contributed by atoms with Crippen molar-refractivity contribution >= 4 is 0 Å². The Morgan fingerprint density at radius 2 is 1.95 bits per heavy atom. The number of ether oxygens (including phenoxy) is 1. The minimum absolute atomic E-state index is 0.158. The van der Waals surface area contributed by atoms with Crippen molar-refractivity contribution in [2.75, 3.05) is 13.2 Å². The Bertz CT molecular complexity index is 514. The van der Waals surface area contributed by atoms with Gasteiger partial charge in [0.15, 0.2) is 0 Å². The Labute approximate surface area is 119 Å². The molecule has 0 fully saturated rings. The number of hydrogen-bond donors (Lipinski definition) is 2. The van der Waals surface area contributed by atoms with Crippen molar-refractivity contribution in [3.8, 4) is 5.75 Å². The summed E-state index contributed by atoms with van der Waals surface area (Å²) in [6.45, 7) is 2.95. The minimum Gasteiger partial charge on any atom is -0.494 e. The van der Waals surface area contributed by atoms with E-state index in [1.165, 1.54) is 0 Å². The number of aliphatic hydroxyl groups is 1. The molecule has 1 heterocycles. The van der Waals surface area contributed by atoms with Crippen LogP contribution in [0.5, 0.6) is 5.75 Å². The van der Waals surface area contributed by atoms with E-state index in [1.807, 2.05) is 43.3 Å². The summed E-state index contributed by atoms with van der Waals surface area (Å²) in [5.41, 5.74) is 7.60. The molecule has 4 heteroatoms. The number of nitrogens with zero attached hydrogens (tertiary/aromatic N) is 1. The summed E-state index contributed by atoms with van der Waals surface area (Å²) < 4.78 is 5.42. The number of hydrogen-bond acceptors (Lipinski definition) is 4. The van der Waals surface area contributed by atoms with Gasteiger partial charge in [-0.2, -0.15) is 0 Å². The Hall–Kier alpha value is -1.91. The summed E-state index contributed by atoms with van der Waals surface area (Å²) in [6.07, 6.45) is 2.69. The smallest absolute Gasteiger partial charge is 0.119 e. The molecule has 3 N–H and O–H groups in total. The number of pyridine rings is 1. The first-order valence-electron chi connectivity index (χ1n) is 6.77. The van der Waals surface area contributed by atoms with E-state index in [2.05, 4.69) is 4.98 Å². The molecule has 2 unspecified atom stereocenters. The van der Waals surface area contributed by atoms with Gasteiger partial charge in [0.25, 0.3) is 0 Å². The van der Waals surface area contributed by atoms with Crippen molar-refractivity contribution in [3.63, 3.8) is 0 Å². The maximum atomic E-state index is 10.5. The summed E-state index contributed by atoms with van der Waals surface area (Å²) in [7, 11) is 0. The van der Waals surface area contributed by atoms with E-state index in [9.17, 15) is 5.11 Å². The van der Waals surface area contributed by atoms with Crippen LogP contribution < -0.4 is 10.5 Å². The zero-order chi connectivity index (χ0) is 14.4. The molecule has 2 aromatic rings. The van der Waals surface area contributed by atoms with Crippen molar-refractivity contribution in [3.05, 3.63) is 59.9 Å². The van der Waals surface area contributed by atoms with Crippen molar-refractivity contribution in [2.24, 2.45) is 5.73 Å². The Balaban J connectivity index is 2.19. The lowest BCUT2D eigenvalue weighted by Gasteiger charge is -2.22. The fourth-order valence-electron chi connectivity index (χ4n) is 2.21. The van der Waals surface area contributed by atoms with Gasteiger partial charge in [-0.3, -0.25) is 4.98 Å². The van der Waals surface area contributed by atoms with E-state index >= 15 is 0 Å². The van der Waals surface area contributed by atoms with Crippen LogP contribution in [-0.2, 0) is 0 Å². The summed E-state index contributed by atoms with van der Waals surface area (Å²) in [5, 5.41) is 10.5. The van der Waals surface area contributed by atoms with Gasteiger partial charge in [0.1, 0.15) is 5.75 Å². The van der Waals surface area contributed by atoms with E-state index in [4.69, 9.17) is 10.5 Å². The molecule has 20 heavy (non-hydrogen) atoms. The molecule has 0 saturated carbocycles. The molecule has 2 rings (SSSR count). The first-order chi connectivity index (χ1) is 9.76. The van der Waals surface area contributed by atoms with Crippen molar-refractivity contribution in [1.82, 2.24) is 4.98 Å². The molecule has 1 aromatic carbocycles. The monoisotopic (exact) mass is 272 g/mol. The van der Waals surface area contributed by atoms with Crippen LogP contribution in [0.15, 0.2) is 48.8 Å². The Kier molecular flexibility index (Phi) is 5.09. The molecule has 106 valence electrons. The Morgan fingerprint density at radius 3 is 2.50 bits per heavy atom. The Morgan fingerprint density at radius 1 is 1.20 bits per heavy atom. The number of aromatic nitrogens is 1. The van der Waals surface area contributed by atoms with Crippen LogP contribution in [0.1, 0.15) is 30.1 Å². The average molecular weight is 272 g/mol. The predicted octanol–water partition coefficient (Wildman–Crippen LogP) is 2.26. The molecule has 0 amide bonds. The zero-order valence-electron chi connectivity index (χ0n) is 11.6. The van der Waals surface area contributed by atoms with Gasteiger partial charge in [-0.15, -0.1) is 0 Å². The first kappa shape index (κ1) is 14.5. The largest absolute Gasteiger partial charge is 0.494 e. The maximum absolute atomic E-state index is 10.5. The summed E-state index contributed by atoms with van der Waals surface area (Å²) >= 11 is 0. The quantitative estimate of drug-likeness (QED) is 0.846. The molecule has 0 aliphatic carbocycles. The van der Waals surface area contributed by atoms with Crippen molar-refractivity contribution < 1.29 is 9.84 Å². The highest BCUT2D eigenvalue weighted by Crippen LogP contribution is 2.30. The molecule has 0 radical (unpaired) electrons. The highest BCUT2D eigenvalue weighted by atomic mass is 16.5. The van der Waals surface area contributed by atoms with Crippen molar-refractivity contribution in [1.29, 1.82) is 0 Å². The van der Waals surface area contributed by atoms with E-state index in [-0.39, 0.29) is 5.92 Å². The molecule has 1 aromatic heterocycles. The molecular weight excluding hydrogens is 252 g/mol. The van der Waals surface area contributed by atoms with Gasteiger partial charge < -0.3 is 15.6 Å². The van der Waals surface area contributed by atoms with Gasteiger partial charge in [0.05, 0.1) is 12.7 Å². The van der Waals surface area contributed by atoms with Crippen LogP contribution in [0.3, 0.4) is 0 Å². The van der Waals surface area contributed by atoms with Crippen LogP contribution in [0.4, 0.5) is 0 Å². The van der Waals surface area contributed by atoms with Crippen LogP contribution in [0.25, 0.3) is 0 Å². The second kappa shape index (κ2) is 7.03. The van der Waals surface area contributed by atoms with Crippen LogP contribution in [0.2, 0.25) is 0 Å². The highest BCUT2D eigenvalue weighted by molar-refractivity contribution is 5.31. The van der Waals surface area contributed by atoms with Crippen LogP contribution >= 0.6 is 0 Å². The van der Waals surface area contributed by atoms with Crippen LogP contribution in [-0.4, -0.2) is 23.2 Å². The molecule has 4 nitrogen and oxygen atoms in total. The molecule has 0 aliphatic rings. The van der Waals surface area contributed by atoms with Gasteiger partial charge in [0.2, 0.25) is 0 Å². The molecular formula is C16H20N2O2. The minimum atomic E-state index is -0.661. The fourth-order valence-corrected chi connectivity index (χ4v) is 2.21. The second-order valence-corrected chi connectivity index (χ2v) is 4.58. The van der Waals surface area contributed by atoms with Gasteiger partial charge in [-0.05, 0) is 36.2 Å². The van der Waals surface area contributed by atoms with E-state index in [0.717, 1.165) is 16.9 Å². The van der Waals surface area contributed by atoms with Crippen molar-refractivity contribution in [2.45, 2.75) is 18.9 Å². The standard InChI is InChI=1S/C16H20N2O2/c1-2-20-14-7-5-12(6-8-14)15(10-17)16(19)13-4-3-9-18-11-13/h3-9,11,15-16,19H,2,10,17H2,1H3. The molecule has 2 atom stereocenters. The zero-order valence-corrected chi connectivity index (χ0v) is 11.6. The maximum Gasteiger partial charge on any atom is 0.119 e. The van der Waals surface area contributed by atoms with Gasteiger partial charge in [-0.1, -0.05) is 18.2 Å². The highest BCUT2D eigenvalue weighted by Gasteiger charge is 2.21. The lowest BCUT2D eigenvalue weighted by Crippen LogP contribution is -2.20. The summed E-state index contributed by atoms with van der Waals surface area (Å²) in [6, 6.07) is 11.4. The fraction of sp³-hybridized carbons (Fsp3) is 0.312. The third kappa shape index (κ3) is 3.35. The van der Waals surface area contributed by atoms with E-state index < -0.39 is 6.10 Å². The van der Waals surface area contributed by atoms with Crippen LogP contribution in [0, 0.1) is 0 Å². The van der Waals surface area contributed by atoms with Gasteiger partial charge in [-0.25, -0.2) is 0 Å². The molecule has 0 saturated heterocycles. The first-order valence-corrected chi connectivity index (χ1v) is 6.77. The lowest BCUT2D eigenvalue weighted by atomic mass is 9.90. The van der Waals surface area contributed by atoms with E-state index in [1.54, 1.807) is 12.4 Å². The number of benzene rings is 1. The third-order valence-corrected chi connectivity index (χ3v) is 3.28. The topological polar surface area (TPSA) is 68.4 Å². The lowest BCUT2D eigenvalue weighted by molar-refractivity contribution is 0.147. The molecule has 0 aliphatic heterocycles. The number of nitrogens with two attached hydrogens (primary N) is 1. The van der Waals surface area contributed by atoms with Gasteiger partial charge >= 0.3 is 0 Å². The summed E-state index contributed by atoms with van der Waals surface area (Å²) in [4.78, 5) is 4.03.